The van der Waals surface area contributed by atoms with Crippen molar-refractivity contribution in [2.24, 2.45) is 0 Å². The van der Waals surface area contributed by atoms with Gasteiger partial charge in [0.25, 0.3) is 5.56 Å². The van der Waals surface area contributed by atoms with Crippen molar-refractivity contribution in [2.45, 2.75) is 31.0 Å². The fourth-order valence-corrected chi connectivity index (χ4v) is 4.11. The first-order valence-electron chi connectivity index (χ1n) is 9.50. The molecule has 8 heteroatoms. The molecule has 0 bridgehead atoms. The number of nitrogens with zero attached hydrogens (tertiary/aromatic N) is 3. The number of anilines is 1. The van der Waals surface area contributed by atoms with Crippen LogP contribution >= 0.6 is 11.8 Å². The first-order chi connectivity index (χ1) is 14.5. The summed E-state index contributed by atoms with van der Waals surface area (Å²) in [4.78, 5) is 33.0. The number of fused-ring (bicyclic) bond motifs is 1. The van der Waals surface area contributed by atoms with Crippen LogP contribution in [0, 0.1) is 13.8 Å². The third kappa shape index (κ3) is 4.44. The van der Waals surface area contributed by atoms with Gasteiger partial charge in [0, 0.05) is 40.7 Å². The molecule has 30 heavy (non-hydrogen) atoms. The van der Waals surface area contributed by atoms with E-state index in [0.29, 0.717) is 5.65 Å². The Hall–Kier alpha value is -3.39. The standard InChI is InChI=1S/C22H21N5O2S/c1-14-18(15(2)27-19(24-14)12-21(29)26-27)11-20(28)25-17-7-5-6-16(10-17)13-30-22-8-3-4-9-23-22/h3-10,12H,11,13H2,1-2H3,(H,25,28)(H,26,29). The summed E-state index contributed by atoms with van der Waals surface area (Å²) < 4.78 is 1.62. The summed E-state index contributed by atoms with van der Waals surface area (Å²) in [6.45, 7) is 3.72. The number of aryl methyl sites for hydroxylation is 2. The molecule has 0 aliphatic rings. The Kier molecular flexibility index (Phi) is 5.67. The van der Waals surface area contributed by atoms with Gasteiger partial charge in [-0.15, -0.1) is 11.8 Å². The maximum absolute atomic E-state index is 12.7. The highest BCUT2D eigenvalue weighted by Gasteiger charge is 2.14. The van der Waals surface area contributed by atoms with Crippen molar-refractivity contribution in [3.8, 4) is 0 Å². The number of rotatable bonds is 6. The lowest BCUT2D eigenvalue weighted by Crippen LogP contribution is -2.18. The zero-order valence-corrected chi connectivity index (χ0v) is 17.5. The molecule has 0 fully saturated rings. The Balaban J connectivity index is 1.45. The van der Waals surface area contributed by atoms with E-state index in [4.69, 9.17) is 0 Å². The lowest BCUT2D eigenvalue weighted by Gasteiger charge is -2.12. The van der Waals surface area contributed by atoms with Crippen molar-refractivity contribution in [3.63, 3.8) is 0 Å². The van der Waals surface area contributed by atoms with Gasteiger partial charge in [0.1, 0.15) is 0 Å². The highest BCUT2D eigenvalue weighted by Crippen LogP contribution is 2.22. The predicted octanol–water partition coefficient (Wildman–Crippen LogP) is 3.51. The van der Waals surface area contributed by atoms with Crippen LogP contribution in [0.1, 0.15) is 22.5 Å². The number of carbonyl (C=O) groups is 1. The second-order valence-electron chi connectivity index (χ2n) is 6.96. The SMILES string of the molecule is Cc1nc2cc(=O)[nH]n2c(C)c1CC(=O)Nc1cccc(CSc2ccccn2)c1. The van der Waals surface area contributed by atoms with Crippen LogP contribution in [0.2, 0.25) is 0 Å². The third-order valence-corrected chi connectivity index (χ3v) is 5.79. The first-order valence-corrected chi connectivity index (χ1v) is 10.5. The van der Waals surface area contributed by atoms with Crippen LogP contribution in [0.15, 0.2) is 64.5 Å². The van der Waals surface area contributed by atoms with Gasteiger partial charge in [0.05, 0.1) is 11.4 Å². The van der Waals surface area contributed by atoms with Crippen molar-refractivity contribution in [2.75, 3.05) is 5.32 Å². The van der Waals surface area contributed by atoms with E-state index >= 15 is 0 Å². The van der Waals surface area contributed by atoms with Gasteiger partial charge in [-0.2, -0.15) is 0 Å². The minimum absolute atomic E-state index is 0.133. The monoisotopic (exact) mass is 419 g/mol. The molecular formula is C22H21N5O2S. The number of carbonyl (C=O) groups excluding carboxylic acids is 1. The molecule has 1 aromatic carbocycles. The second-order valence-corrected chi connectivity index (χ2v) is 7.95. The van der Waals surface area contributed by atoms with Crippen molar-refractivity contribution in [1.29, 1.82) is 0 Å². The molecule has 3 heterocycles. The van der Waals surface area contributed by atoms with E-state index in [1.54, 1.807) is 22.5 Å². The van der Waals surface area contributed by atoms with Crippen LogP contribution in [-0.2, 0) is 17.0 Å². The number of benzene rings is 1. The largest absolute Gasteiger partial charge is 0.326 e. The van der Waals surface area contributed by atoms with Crippen LogP contribution in [0.5, 0.6) is 0 Å². The fourth-order valence-electron chi connectivity index (χ4n) is 3.31. The molecular weight excluding hydrogens is 398 g/mol. The molecule has 0 unspecified atom stereocenters. The summed E-state index contributed by atoms with van der Waals surface area (Å²) in [6, 6.07) is 15.1. The Labute approximate surface area is 177 Å². The molecule has 0 aliphatic heterocycles. The number of nitrogens with one attached hydrogen (secondary N) is 2. The molecule has 4 aromatic rings. The minimum atomic E-state index is -0.216. The van der Waals surface area contributed by atoms with E-state index in [0.717, 1.165) is 39.0 Å². The maximum Gasteiger partial charge on any atom is 0.266 e. The average molecular weight is 420 g/mol. The number of H-pyrrole nitrogens is 1. The maximum atomic E-state index is 12.7. The van der Waals surface area contributed by atoms with E-state index in [9.17, 15) is 9.59 Å². The number of hydrogen-bond donors (Lipinski definition) is 2. The quantitative estimate of drug-likeness (QED) is 0.467. The van der Waals surface area contributed by atoms with Crippen molar-refractivity contribution in [3.05, 3.63) is 87.6 Å². The zero-order chi connectivity index (χ0) is 21.1. The number of aromatic amines is 1. The summed E-state index contributed by atoms with van der Waals surface area (Å²) in [7, 11) is 0. The van der Waals surface area contributed by atoms with E-state index < -0.39 is 0 Å². The second kappa shape index (κ2) is 8.54. The molecule has 2 N–H and O–H groups in total. The van der Waals surface area contributed by atoms with E-state index in [1.165, 1.54) is 6.07 Å². The zero-order valence-electron chi connectivity index (χ0n) is 16.7. The molecule has 0 saturated carbocycles. The lowest BCUT2D eigenvalue weighted by molar-refractivity contribution is -0.115. The molecule has 3 aromatic heterocycles. The number of pyridine rings is 1. The molecule has 152 valence electrons. The number of aromatic nitrogens is 4. The third-order valence-electron chi connectivity index (χ3n) is 4.77. The normalized spacial score (nSPS) is 11.0. The summed E-state index contributed by atoms with van der Waals surface area (Å²) in [6.07, 6.45) is 1.95. The topological polar surface area (TPSA) is 92.1 Å². The van der Waals surface area contributed by atoms with Crippen LogP contribution in [0.25, 0.3) is 5.65 Å². The summed E-state index contributed by atoms with van der Waals surface area (Å²) in [5.74, 6) is 0.631. The van der Waals surface area contributed by atoms with Gasteiger partial charge >= 0.3 is 0 Å². The van der Waals surface area contributed by atoms with Crippen LogP contribution in [0.3, 0.4) is 0 Å². The van der Waals surface area contributed by atoms with Crippen molar-refractivity contribution >= 4 is 29.0 Å². The highest BCUT2D eigenvalue weighted by atomic mass is 32.2. The number of thioether (sulfide) groups is 1. The van der Waals surface area contributed by atoms with Gasteiger partial charge in [-0.25, -0.2) is 14.5 Å². The molecule has 0 aliphatic carbocycles. The van der Waals surface area contributed by atoms with Crippen molar-refractivity contribution < 1.29 is 4.79 Å². The minimum Gasteiger partial charge on any atom is -0.326 e. The summed E-state index contributed by atoms with van der Waals surface area (Å²) in [5, 5.41) is 6.64. The lowest BCUT2D eigenvalue weighted by atomic mass is 10.1. The summed E-state index contributed by atoms with van der Waals surface area (Å²) >= 11 is 1.65. The Morgan fingerprint density at radius 1 is 1.17 bits per heavy atom. The van der Waals surface area contributed by atoms with Gasteiger partial charge in [-0.1, -0.05) is 18.2 Å². The van der Waals surface area contributed by atoms with Crippen molar-refractivity contribution in [1.82, 2.24) is 19.6 Å². The smallest absolute Gasteiger partial charge is 0.266 e. The molecule has 0 atom stereocenters. The van der Waals surface area contributed by atoms with Gasteiger partial charge in [-0.3, -0.25) is 14.7 Å². The van der Waals surface area contributed by atoms with Gasteiger partial charge in [-0.05, 0) is 43.7 Å². The predicted molar refractivity (Wildman–Crippen MR) is 118 cm³/mol. The Morgan fingerprint density at radius 3 is 2.83 bits per heavy atom. The van der Waals surface area contributed by atoms with Crippen LogP contribution in [-0.4, -0.2) is 25.5 Å². The Bertz CT molecular complexity index is 1260. The van der Waals surface area contributed by atoms with E-state index in [1.807, 2.05) is 56.3 Å². The fraction of sp³-hybridized carbons (Fsp3) is 0.182. The van der Waals surface area contributed by atoms with E-state index in [2.05, 4.69) is 20.4 Å². The Morgan fingerprint density at radius 2 is 2.03 bits per heavy atom. The molecule has 4 rings (SSSR count). The average Bonchev–Trinajstić information content (AvgIpc) is 3.11. The molecule has 0 radical (unpaired) electrons. The molecule has 7 nitrogen and oxygen atoms in total. The van der Waals surface area contributed by atoms with E-state index in [-0.39, 0.29) is 17.9 Å². The highest BCUT2D eigenvalue weighted by molar-refractivity contribution is 7.98. The van der Waals surface area contributed by atoms with Crippen LogP contribution < -0.4 is 10.9 Å². The molecule has 0 saturated heterocycles. The first kappa shape index (κ1) is 19.9. The van der Waals surface area contributed by atoms with Gasteiger partial charge < -0.3 is 5.32 Å². The molecule has 1 amide bonds. The number of hydrogen-bond acceptors (Lipinski definition) is 5. The van der Waals surface area contributed by atoms with Crippen LogP contribution in [0.4, 0.5) is 5.69 Å². The van der Waals surface area contributed by atoms with Gasteiger partial charge in [0.15, 0.2) is 5.65 Å². The van der Waals surface area contributed by atoms with Gasteiger partial charge in [0.2, 0.25) is 5.91 Å². The number of amides is 1. The summed E-state index contributed by atoms with van der Waals surface area (Å²) in [5.41, 5.74) is 4.53. The molecule has 0 spiro atoms.